The second-order valence-electron chi connectivity index (χ2n) is 28.4. The molecule has 0 fully saturated rings. The molecule has 6 heterocycles. The van der Waals surface area contributed by atoms with Gasteiger partial charge in [0.1, 0.15) is 0 Å². The summed E-state index contributed by atoms with van der Waals surface area (Å²) in [6, 6.07) is 39.5. The van der Waals surface area contributed by atoms with Crippen molar-refractivity contribution in [1.29, 1.82) is 0 Å². The Labute approximate surface area is 552 Å². The van der Waals surface area contributed by atoms with Gasteiger partial charge in [-0.3, -0.25) is 0 Å². The molecule has 86 heavy (non-hydrogen) atoms. The van der Waals surface area contributed by atoms with Gasteiger partial charge in [0.15, 0.2) is 0 Å². The number of allylic oxidation sites excluding steroid dienone is 12. The summed E-state index contributed by atoms with van der Waals surface area (Å²) >= 11 is 7.36. The number of rotatable bonds is 26. The third kappa shape index (κ3) is 12.0. The second-order valence-corrected chi connectivity index (χ2v) is 63.2. The van der Waals surface area contributed by atoms with Crippen LogP contribution < -0.4 is 5.79 Å². The van der Waals surface area contributed by atoms with E-state index in [1.165, 1.54) is 208 Å². The molecule has 2 atom stereocenters. The Hall–Kier alpha value is -2.54. The van der Waals surface area contributed by atoms with E-state index < -0.39 is 36.8 Å². The molecule has 0 radical (unpaired) electrons. The molecule has 0 aliphatic heterocycles. The molecule has 4 aliphatic rings. The van der Waals surface area contributed by atoms with Crippen LogP contribution in [0.5, 0.6) is 0 Å². The average molecular weight is 1470 g/mol. The van der Waals surface area contributed by atoms with E-state index in [9.17, 15) is 0 Å². The summed E-state index contributed by atoms with van der Waals surface area (Å²) in [7, 11) is 0. The molecule has 0 amide bonds. The van der Waals surface area contributed by atoms with Gasteiger partial charge in [-0.25, -0.2) is 0 Å². The van der Waals surface area contributed by atoms with Crippen LogP contribution in [0.4, 0.5) is 0 Å². The molecule has 4 aliphatic carbocycles. The van der Waals surface area contributed by atoms with Gasteiger partial charge in [-0.2, -0.15) is 0 Å². The minimum absolute atomic E-state index is 0.0584. The van der Waals surface area contributed by atoms with E-state index in [0.717, 1.165) is 0 Å². The third-order valence-corrected chi connectivity index (χ3v) is 64.5. The van der Waals surface area contributed by atoms with Crippen LogP contribution in [0, 0.1) is 21.7 Å². The molecular formula is C78H98S6Sn2. The molecule has 0 saturated carbocycles. The zero-order chi connectivity index (χ0) is 60.8. The average Bonchev–Trinajstić information content (AvgIpc) is 0.884. The molecule has 0 N–H and O–H groups in total. The van der Waals surface area contributed by atoms with Gasteiger partial charge >= 0.3 is 423 Å². The van der Waals surface area contributed by atoms with Crippen molar-refractivity contribution in [3.05, 3.63) is 165 Å². The Bertz CT molecular complexity index is 3470. The second kappa shape index (κ2) is 26.6. The number of hydrogen-bond donors (Lipinski definition) is 0. The Morgan fingerprint density at radius 2 is 0.581 bits per heavy atom. The molecule has 454 valence electrons. The van der Waals surface area contributed by atoms with E-state index in [4.69, 9.17) is 0 Å². The first kappa shape index (κ1) is 65.0. The predicted octanol–water partition coefficient (Wildman–Crippen LogP) is 26.5. The molecule has 0 nitrogen and oxygen atoms in total. The number of hydrogen-bond acceptors (Lipinski definition) is 6. The molecular weight excluding hydrogens is 1370 g/mol. The van der Waals surface area contributed by atoms with Gasteiger partial charge in [-0.1, -0.05) is 91.8 Å². The van der Waals surface area contributed by atoms with Crippen molar-refractivity contribution in [3.63, 3.8) is 0 Å². The van der Waals surface area contributed by atoms with Gasteiger partial charge in [0.25, 0.3) is 0 Å². The summed E-state index contributed by atoms with van der Waals surface area (Å²) in [4.78, 5) is 14.1. The molecule has 6 aromatic heterocycles. The van der Waals surface area contributed by atoms with Crippen LogP contribution >= 0.6 is 68.0 Å². The zero-order valence-corrected chi connectivity index (χ0v) is 65.3. The first-order chi connectivity index (χ1) is 41.3. The summed E-state index contributed by atoms with van der Waals surface area (Å²) in [6.45, 7) is 34.2. The fraction of sp³-hybridized carbons (Fsp3) is 0.462. The summed E-state index contributed by atoms with van der Waals surface area (Å²) in [6.07, 6.45) is 26.9. The SMILES string of the molecule is CCC[CH2][Sn]([CH2]CCC)([CH2]CCC)[c]1ccc(-c2ccc(-c3ccc(C4=C5C=C(C(C)(C)C)C=C6c7ccccc7C7=CC(C(C)(C)C)=CC(=C4c4ccc(-c8ccc(-c9cc[c]([Sn]([CH2]CCC)([CH2]CCC)[CH2]CCC)s9)s8)s4)[C@@]7(C)[C@@]65C)s3)s2)s1. The van der Waals surface area contributed by atoms with Gasteiger partial charge in [0.05, 0.1) is 0 Å². The summed E-state index contributed by atoms with van der Waals surface area (Å²) in [5.74, 6) is 0. The Balaban J connectivity index is 1.06. The standard InChI is InChI=1S/C54H44S6.6C4H9.2Sn/c1-51(2,3)31-27-35-33-13-9-10-14-34(33)36-28-32(52(4,5)6)30-38-50(48-24-22-46(60-48)44-20-18-42(58-44)40-16-12-26-56-40)49(37(29-31)53(35,7)54(36,38)8)47-23-21-45(59-47)43-19-17-41(57-43)39-15-11-25-55-39;6*1-3-4-2;;/h9-24,27-30H,1-8H3;6*1,3-4H2,2H3;;/t53-,54-;;;;;;;;/m0......../s1. The summed E-state index contributed by atoms with van der Waals surface area (Å²) < 4.78 is 12.8. The Kier molecular flexibility index (Phi) is 20.1. The number of thiophene rings is 6. The van der Waals surface area contributed by atoms with Crippen LogP contribution in [-0.2, 0) is 0 Å². The number of benzene rings is 1. The summed E-state index contributed by atoms with van der Waals surface area (Å²) in [5, 5.41) is 0. The number of fused-ring (bicyclic) bond motifs is 3. The Morgan fingerprint density at radius 1 is 0.326 bits per heavy atom. The quantitative estimate of drug-likeness (QED) is 0.0474. The fourth-order valence-corrected chi connectivity index (χ4v) is 59.9. The van der Waals surface area contributed by atoms with E-state index in [0.29, 0.717) is 0 Å². The van der Waals surface area contributed by atoms with Crippen LogP contribution in [-0.4, -0.2) is 36.8 Å². The predicted molar refractivity (Wildman–Crippen MR) is 398 cm³/mol. The van der Waals surface area contributed by atoms with Crippen molar-refractivity contribution in [2.75, 3.05) is 0 Å². The number of unbranched alkanes of at least 4 members (excludes halogenated alkanes) is 6. The minimum atomic E-state index is -2.56. The van der Waals surface area contributed by atoms with Crippen molar-refractivity contribution in [2.24, 2.45) is 21.7 Å². The molecule has 0 spiro atoms. The van der Waals surface area contributed by atoms with Crippen LogP contribution in [0.25, 0.3) is 61.3 Å². The van der Waals surface area contributed by atoms with Crippen LogP contribution in [0.3, 0.4) is 0 Å². The first-order valence-corrected chi connectivity index (χ1v) is 53.3. The van der Waals surface area contributed by atoms with Crippen LogP contribution in [0.2, 0.25) is 26.6 Å². The molecule has 0 unspecified atom stereocenters. The maximum absolute atomic E-state index is 2.68. The maximum atomic E-state index is 2.68. The first-order valence-electron chi connectivity index (χ1n) is 33.4. The topological polar surface area (TPSA) is 0 Å². The van der Waals surface area contributed by atoms with Gasteiger partial charge < -0.3 is 0 Å². The monoisotopic (exact) mass is 1470 g/mol. The van der Waals surface area contributed by atoms with Crippen molar-refractivity contribution in [1.82, 2.24) is 0 Å². The van der Waals surface area contributed by atoms with Crippen LogP contribution in [0.1, 0.15) is 195 Å². The molecule has 7 aromatic rings. The third-order valence-electron chi connectivity index (χ3n) is 20.6. The molecule has 8 heteroatoms. The van der Waals surface area contributed by atoms with Crippen molar-refractivity contribution >= 4 is 133 Å². The van der Waals surface area contributed by atoms with Gasteiger partial charge in [0.2, 0.25) is 0 Å². The van der Waals surface area contributed by atoms with E-state index >= 15 is 0 Å². The van der Waals surface area contributed by atoms with E-state index in [1.807, 2.05) is 51.1 Å². The van der Waals surface area contributed by atoms with Crippen molar-refractivity contribution in [2.45, 2.75) is 201 Å². The van der Waals surface area contributed by atoms with Crippen molar-refractivity contribution in [3.8, 4) is 39.0 Å². The zero-order valence-electron chi connectivity index (χ0n) is 54.7. The van der Waals surface area contributed by atoms with E-state index in [1.54, 1.807) is 0 Å². The molecule has 0 bridgehead atoms. The molecule has 11 rings (SSSR count). The molecule has 0 saturated heterocycles. The van der Waals surface area contributed by atoms with Crippen molar-refractivity contribution < 1.29 is 0 Å². The van der Waals surface area contributed by atoms with Gasteiger partial charge in [-0.15, -0.1) is 0 Å². The fourth-order valence-electron chi connectivity index (χ4n) is 15.1. The van der Waals surface area contributed by atoms with Gasteiger partial charge in [-0.05, 0) is 44.2 Å². The summed E-state index contributed by atoms with van der Waals surface area (Å²) in [5.41, 5.74) is 13.6. The van der Waals surface area contributed by atoms with Crippen LogP contribution in [0.15, 0.2) is 144 Å². The Morgan fingerprint density at radius 3 is 0.860 bits per heavy atom. The van der Waals surface area contributed by atoms with E-state index in [2.05, 4.69) is 241 Å². The molecule has 1 aromatic carbocycles. The normalized spacial score (nSPS) is 18.8. The van der Waals surface area contributed by atoms with E-state index in [-0.39, 0.29) is 21.7 Å². The van der Waals surface area contributed by atoms with Gasteiger partial charge in [0, 0.05) is 0 Å².